The molecule has 0 aliphatic heterocycles. The molecule has 0 saturated heterocycles. The van der Waals surface area contributed by atoms with Crippen molar-refractivity contribution in [3.8, 4) is 0 Å². The van der Waals surface area contributed by atoms with Crippen LogP contribution in [0.25, 0.3) is 0 Å². The molecule has 0 aliphatic rings. The molecule has 12 heteroatoms. The van der Waals surface area contributed by atoms with Gasteiger partial charge < -0.3 is 10.2 Å². The number of aliphatic hydroxyl groups excluding tert-OH is 1. The highest BCUT2D eigenvalue weighted by molar-refractivity contribution is 7.92. The zero-order valence-electron chi connectivity index (χ0n) is 18.8. The highest BCUT2D eigenvalue weighted by atomic mass is 32.2. The molecule has 0 spiro atoms. The fourth-order valence-corrected chi connectivity index (χ4v) is 5.60. The van der Waals surface area contributed by atoms with E-state index in [0.717, 1.165) is 26.7 Å². The van der Waals surface area contributed by atoms with Crippen LogP contribution in [0, 0.1) is 10.1 Å². The number of rotatable bonds is 12. The van der Waals surface area contributed by atoms with Crippen LogP contribution in [-0.2, 0) is 16.4 Å². The molecule has 0 fully saturated rings. The summed E-state index contributed by atoms with van der Waals surface area (Å²) in [4.78, 5) is 22.4. The minimum Gasteiger partial charge on any atom is -0.477 e. The number of nitrogens with one attached hydrogen (secondary N) is 1. The number of carboxylic acid groups (broad SMARTS) is 1. The molecule has 35 heavy (non-hydrogen) atoms. The van der Waals surface area contributed by atoms with Crippen molar-refractivity contribution in [3.63, 3.8) is 0 Å². The minimum atomic E-state index is -4.22. The van der Waals surface area contributed by atoms with Crippen LogP contribution in [0.15, 0.2) is 65.6 Å². The van der Waals surface area contributed by atoms with E-state index in [2.05, 4.69) is 5.43 Å². The van der Waals surface area contributed by atoms with Gasteiger partial charge in [-0.25, -0.2) is 10.2 Å². The van der Waals surface area contributed by atoms with Gasteiger partial charge in [0.15, 0.2) is 0 Å². The van der Waals surface area contributed by atoms with E-state index in [1.54, 1.807) is 30.3 Å². The van der Waals surface area contributed by atoms with Crippen molar-refractivity contribution < 1.29 is 28.3 Å². The van der Waals surface area contributed by atoms with Gasteiger partial charge in [0.05, 0.1) is 21.6 Å². The second-order valence-electron chi connectivity index (χ2n) is 7.62. The molecule has 2 aromatic carbocycles. The quantitative estimate of drug-likeness (QED) is 0.184. The first-order chi connectivity index (χ1) is 16.6. The SMILES string of the molecule is CCC(O)c1ccc(N(NCCCc2ccc(C(=O)O)s2)S(=O)(=O)c2cccc([N+](=O)[O-])c2)cc1. The third-order valence-corrected chi connectivity index (χ3v) is 8.00. The Morgan fingerprint density at radius 1 is 1.17 bits per heavy atom. The van der Waals surface area contributed by atoms with Crippen molar-refractivity contribution in [2.24, 2.45) is 0 Å². The topological polar surface area (TPSA) is 150 Å². The molecular weight excluding hydrogens is 494 g/mol. The van der Waals surface area contributed by atoms with Gasteiger partial charge in [-0.2, -0.15) is 12.8 Å². The Kier molecular flexibility index (Phi) is 8.57. The highest BCUT2D eigenvalue weighted by Gasteiger charge is 2.27. The van der Waals surface area contributed by atoms with Crippen molar-refractivity contribution in [2.45, 2.75) is 37.2 Å². The average Bonchev–Trinajstić information content (AvgIpc) is 3.33. The standard InChI is InChI=1S/C23H25N3O7S2/c1-2-21(27)16-8-10-17(11-9-16)25(24-14-4-6-19-12-13-22(34-19)23(28)29)35(32,33)20-7-3-5-18(15-20)26(30)31/h3,5,7-13,15,21,24,27H,2,4,6,14H2,1H3,(H,28,29). The van der Waals surface area contributed by atoms with E-state index in [-0.39, 0.29) is 27.7 Å². The molecule has 3 N–H and O–H groups in total. The van der Waals surface area contributed by atoms with Gasteiger partial charge >= 0.3 is 5.97 Å². The Hall–Kier alpha value is -3.32. The second kappa shape index (κ2) is 11.4. The Bertz CT molecular complexity index is 1290. The van der Waals surface area contributed by atoms with Gasteiger partial charge in [0.2, 0.25) is 0 Å². The molecule has 0 amide bonds. The van der Waals surface area contributed by atoms with E-state index in [1.807, 2.05) is 6.92 Å². The number of aryl methyl sites for hydroxylation is 1. The van der Waals surface area contributed by atoms with Crippen molar-refractivity contribution >= 4 is 38.7 Å². The molecular formula is C23H25N3O7S2. The molecule has 1 heterocycles. The highest BCUT2D eigenvalue weighted by Crippen LogP contribution is 2.27. The Balaban J connectivity index is 1.84. The maximum Gasteiger partial charge on any atom is 0.345 e. The first-order valence-electron chi connectivity index (χ1n) is 10.8. The first-order valence-corrected chi connectivity index (χ1v) is 13.0. The smallest absolute Gasteiger partial charge is 0.345 e. The molecule has 0 aliphatic carbocycles. The van der Waals surface area contributed by atoms with Gasteiger partial charge in [-0.15, -0.1) is 11.3 Å². The number of hydrogen-bond acceptors (Lipinski definition) is 8. The van der Waals surface area contributed by atoms with E-state index in [9.17, 15) is 28.4 Å². The normalized spacial score (nSPS) is 12.3. The van der Waals surface area contributed by atoms with E-state index >= 15 is 0 Å². The number of sulfonamides is 1. The van der Waals surface area contributed by atoms with Crippen LogP contribution in [0.4, 0.5) is 11.4 Å². The third-order valence-electron chi connectivity index (χ3n) is 5.19. The molecule has 1 aromatic heterocycles. The van der Waals surface area contributed by atoms with Gasteiger partial charge in [0.1, 0.15) is 4.88 Å². The number of non-ortho nitro benzene ring substituents is 1. The van der Waals surface area contributed by atoms with Gasteiger partial charge in [-0.1, -0.05) is 25.1 Å². The van der Waals surface area contributed by atoms with Crippen LogP contribution in [0.1, 0.15) is 46.0 Å². The number of nitro groups is 1. The van der Waals surface area contributed by atoms with E-state index in [1.165, 1.54) is 24.3 Å². The minimum absolute atomic E-state index is 0.230. The van der Waals surface area contributed by atoms with Crippen molar-refractivity contribution in [3.05, 3.63) is 86.1 Å². The Morgan fingerprint density at radius 3 is 2.49 bits per heavy atom. The fraction of sp³-hybridized carbons (Fsp3) is 0.261. The van der Waals surface area contributed by atoms with Gasteiger partial charge in [-0.05, 0) is 55.2 Å². The van der Waals surface area contributed by atoms with E-state index < -0.39 is 27.0 Å². The Morgan fingerprint density at radius 2 is 1.89 bits per heavy atom. The number of carboxylic acids is 1. The van der Waals surface area contributed by atoms with Crippen LogP contribution in [0.3, 0.4) is 0 Å². The zero-order valence-corrected chi connectivity index (χ0v) is 20.5. The van der Waals surface area contributed by atoms with Crippen LogP contribution in [0.2, 0.25) is 0 Å². The predicted octanol–water partition coefficient (Wildman–Crippen LogP) is 4.13. The molecule has 0 saturated carbocycles. The fourth-order valence-electron chi connectivity index (χ4n) is 3.32. The van der Waals surface area contributed by atoms with Crippen molar-refractivity contribution in [1.29, 1.82) is 0 Å². The number of hydrogen-bond donors (Lipinski definition) is 3. The number of hydrazine groups is 1. The summed E-state index contributed by atoms with van der Waals surface area (Å²) in [6.07, 6.45) is 0.865. The number of anilines is 1. The first kappa shape index (κ1) is 26.3. The van der Waals surface area contributed by atoms with E-state index in [4.69, 9.17) is 5.11 Å². The molecule has 0 bridgehead atoms. The molecule has 1 unspecified atom stereocenters. The zero-order chi connectivity index (χ0) is 25.6. The molecule has 3 rings (SSSR count). The lowest BCUT2D eigenvalue weighted by Crippen LogP contribution is -2.43. The van der Waals surface area contributed by atoms with Crippen LogP contribution >= 0.6 is 11.3 Å². The van der Waals surface area contributed by atoms with Crippen LogP contribution < -0.4 is 9.84 Å². The summed E-state index contributed by atoms with van der Waals surface area (Å²) in [5, 5.41) is 30.3. The summed E-state index contributed by atoms with van der Waals surface area (Å²) < 4.78 is 27.9. The van der Waals surface area contributed by atoms with Crippen LogP contribution in [-0.4, -0.2) is 36.1 Å². The van der Waals surface area contributed by atoms with Gasteiger partial charge in [0.25, 0.3) is 15.7 Å². The Labute approximate surface area is 206 Å². The number of aliphatic hydroxyl groups is 1. The molecule has 3 aromatic rings. The lowest BCUT2D eigenvalue weighted by molar-refractivity contribution is -0.385. The summed E-state index contributed by atoms with van der Waals surface area (Å²) in [5.41, 5.74) is 3.45. The van der Waals surface area contributed by atoms with E-state index in [0.29, 0.717) is 24.8 Å². The maximum atomic E-state index is 13.5. The van der Waals surface area contributed by atoms with Gasteiger partial charge in [0, 0.05) is 23.6 Å². The largest absolute Gasteiger partial charge is 0.477 e. The third kappa shape index (κ3) is 6.42. The predicted molar refractivity (Wildman–Crippen MR) is 132 cm³/mol. The number of benzene rings is 2. The molecule has 1 atom stereocenters. The second-order valence-corrected chi connectivity index (χ2v) is 10.6. The van der Waals surface area contributed by atoms with Crippen molar-refractivity contribution in [1.82, 2.24) is 5.43 Å². The molecule has 186 valence electrons. The van der Waals surface area contributed by atoms with Gasteiger partial charge in [-0.3, -0.25) is 10.1 Å². The summed E-state index contributed by atoms with van der Waals surface area (Å²) in [6, 6.07) is 14.4. The summed E-state index contributed by atoms with van der Waals surface area (Å²) >= 11 is 1.16. The number of thiophene rings is 1. The summed E-state index contributed by atoms with van der Waals surface area (Å²) in [5.74, 6) is -0.995. The monoisotopic (exact) mass is 519 g/mol. The average molecular weight is 520 g/mol. The van der Waals surface area contributed by atoms with Crippen molar-refractivity contribution in [2.75, 3.05) is 11.0 Å². The molecule has 10 nitrogen and oxygen atoms in total. The summed E-state index contributed by atoms with van der Waals surface area (Å²) in [6.45, 7) is 2.06. The lowest BCUT2D eigenvalue weighted by atomic mass is 10.1. The lowest BCUT2D eigenvalue weighted by Gasteiger charge is -2.25. The molecule has 0 radical (unpaired) electrons. The number of aromatic carboxylic acids is 1. The number of nitrogens with zero attached hydrogens (tertiary/aromatic N) is 2. The van der Waals surface area contributed by atoms with Crippen LogP contribution in [0.5, 0.6) is 0 Å². The number of carbonyl (C=O) groups is 1. The maximum absolute atomic E-state index is 13.5. The number of nitro benzene ring substituents is 1. The summed E-state index contributed by atoms with van der Waals surface area (Å²) in [7, 11) is -4.22.